The molecule has 0 aliphatic rings. The summed E-state index contributed by atoms with van der Waals surface area (Å²) in [7, 11) is 0. The Kier molecular flexibility index (Phi) is 7.13. The molecule has 12 rings (SSSR count). The van der Waals surface area contributed by atoms with Crippen molar-refractivity contribution in [2.75, 3.05) is 0 Å². The zero-order valence-corrected chi connectivity index (χ0v) is 30.9. The van der Waals surface area contributed by atoms with Gasteiger partial charge in [0.2, 0.25) is 5.89 Å². The zero-order valence-electron chi connectivity index (χ0n) is 30.9. The molecule has 12 aromatic rings. The van der Waals surface area contributed by atoms with Gasteiger partial charge >= 0.3 is 0 Å². The lowest BCUT2D eigenvalue weighted by Crippen LogP contribution is -2.01. The maximum absolute atomic E-state index is 6.67. The molecular weight excluding hydrogens is 713 g/mol. The van der Waals surface area contributed by atoms with Crippen LogP contribution in [0.25, 0.3) is 122 Å². The molecular formula is C52H30N4O2. The quantitative estimate of drug-likeness (QED) is 0.175. The van der Waals surface area contributed by atoms with Crippen molar-refractivity contribution in [3.8, 4) is 56.7 Å². The summed E-state index contributed by atoms with van der Waals surface area (Å²) in [5.41, 5.74) is 8.70. The van der Waals surface area contributed by atoms with Gasteiger partial charge in [0.25, 0.3) is 0 Å². The van der Waals surface area contributed by atoms with E-state index in [2.05, 4.69) is 140 Å². The van der Waals surface area contributed by atoms with E-state index in [9.17, 15) is 0 Å². The first kappa shape index (κ1) is 32.3. The summed E-state index contributed by atoms with van der Waals surface area (Å²) in [5.74, 6) is 2.30. The topological polar surface area (TPSA) is 77.8 Å². The minimum absolute atomic E-state index is 0.556. The van der Waals surface area contributed by atoms with Gasteiger partial charge in [-0.25, -0.2) is 19.9 Å². The molecule has 0 aliphatic heterocycles. The summed E-state index contributed by atoms with van der Waals surface area (Å²) in [6.07, 6.45) is 0. The van der Waals surface area contributed by atoms with Gasteiger partial charge in [-0.15, -0.1) is 0 Å². The van der Waals surface area contributed by atoms with E-state index in [0.717, 1.165) is 76.8 Å². The van der Waals surface area contributed by atoms with Crippen LogP contribution in [-0.2, 0) is 0 Å². The van der Waals surface area contributed by atoms with Crippen LogP contribution in [0, 0.1) is 0 Å². The molecule has 0 radical (unpaired) electrons. The van der Waals surface area contributed by atoms with Crippen LogP contribution in [0.1, 0.15) is 0 Å². The second kappa shape index (κ2) is 12.8. The number of hydrogen-bond donors (Lipinski definition) is 0. The van der Waals surface area contributed by atoms with Crippen molar-refractivity contribution < 1.29 is 8.83 Å². The molecule has 6 heteroatoms. The third-order valence-electron chi connectivity index (χ3n) is 11.1. The number of benzene rings is 9. The molecule has 0 fully saturated rings. The van der Waals surface area contributed by atoms with E-state index in [0.29, 0.717) is 34.5 Å². The van der Waals surface area contributed by atoms with Crippen molar-refractivity contribution in [3.63, 3.8) is 0 Å². The first-order chi connectivity index (χ1) is 28.7. The molecule has 3 heterocycles. The summed E-state index contributed by atoms with van der Waals surface area (Å²) >= 11 is 0. The Bertz CT molecular complexity index is 3590. The van der Waals surface area contributed by atoms with E-state index in [1.165, 1.54) is 10.8 Å². The van der Waals surface area contributed by atoms with E-state index in [4.69, 9.17) is 28.8 Å². The number of rotatable bonds is 5. The number of aromatic nitrogens is 4. The lowest BCUT2D eigenvalue weighted by Gasteiger charge is -2.12. The summed E-state index contributed by atoms with van der Waals surface area (Å²) in [4.78, 5) is 20.7. The monoisotopic (exact) mass is 742 g/mol. The predicted octanol–water partition coefficient (Wildman–Crippen LogP) is 13.7. The fourth-order valence-electron chi connectivity index (χ4n) is 8.29. The van der Waals surface area contributed by atoms with E-state index in [1.807, 2.05) is 42.5 Å². The lowest BCUT2D eigenvalue weighted by atomic mass is 9.98. The average Bonchev–Trinajstić information content (AvgIpc) is 3.91. The Balaban J connectivity index is 1.08. The summed E-state index contributed by atoms with van der Waals surface area (Å²) in [6, 6.07) is 62.5. The largest absolute Gasteiger partial charge is 0.456 e. The van der Waals surface area contributed by atoms with Gasteiger partial charge < -0.3 is 8.83 Å². The number of fused-ring (bicyclic) bond motifs is 9. The highest BCUT2D eigenvalue weighted by Gasteiger charge is 2.22. The van der Waals surface area contributed by atoms with Gasteiger partial charge in [0, 0.05) is 27.6 Å². The molecule has 0 bridgehead atoms. The van der Waals surface area contributed by atoms with Crippen molar-refractivity contribution in [3.05, 3.63) is 182 Å². The van der Waals surface area contributed by atoms with Crippen LogP contribution >= 0.6 is 0 Å². The van der Waals surface area contributed by atoms with Gasteiger partial charge in [-0.1, -0.05) is 133 Å². The molecule has 270 valence electrons. The van der Waals surface area contributed by atoms with Gasteiger partial charge in [0.05, 0.1) is 5.39 Å². The van der Waals surface area contributed by atoms with Crippen molar-refractivity contribution in [2.24, 2.45) is 0 Å². The summed E-state index contributed by atoms with van der Waals surface area (Å²) in [6.45, 7) is 0. The maximum atomic E-state index is 6.67. The van der Waals surface area contributed by atoms with Crippen molar-refractivity contribution in [1.29, 1.82) is 0 Å². The smallest absolute Gasteiger partial charge is 0.227 e. The number of nitrogens with zero attached hydrogens (tertiary/aromatic N) is 4. The Morgan fingerprint density at radius 1 is 0.310 bits per heavy atom. The highest BCUT2D eigenvalue weighted by atomic mass is 16.4. The SMILES string of the molecule is c1ccc(-c2nc3c(ccc4oc5cc(-c6nc(-c7cccc(-c8ccc9ccccc9c8)c7)nc(-c7ccc8ccccc8c7)n6)c6ccccc6c5c43)o2)cc1. The maximum Gasteiger partial charge on any atom is 0.227 e. The fourth-order valence-corrected chi connectivity index (χ4v) is 8.29. The Labute approximate surface area is 331 Å². The molecule has 0 saturated heterocycles. The van der Waals surface area contributed by atoms with E-state index in [1.54, 1.807) is 0 Å². The number of oxazole rings is 1. The van der Waals surface area contributed by atoms with Crippen LogP contribution in [0.5, 0.6) is 0 Å². The second-order valence-corrected chi connectivity index (χ2v) is 14.6. The van der Waals surface area contributed by atoms with Gasteiger partial charge in [0.1, 0.15) is 16.7 Å². The second-order valence-electron chi connectivity index (χ2n) is 14.6. The fraction of sp³-hybridized carbons (Fsp3) is 0. The molecule has 58 heavy (non-hydrogen) atoms. The third kappa shape index (κ3) is 5.27. The number of furan rings is 1. The molecule has 0 unspecified atom stereocenters. The Hall–Kier alpha value is -7.96. The molecule has 0 N–H and O–H groups in total. The molecule has 3 aromatic heterocycles. The average molecular weight is 743 g/mol. The molecule has 0 amide bonds. The van der Waals surface area contributed by atoms with Crippen LogP contribution in [0.4, 0.5) is 0 Å². The molecule has 6 nitrogen and oxygen atoms in total. The lowest BCUT2D eigenvalue weighted by molar-refractivity contribution is 0.619. The van der Waals surface area contributed by atoms with Gasteiger partial charge in [0.15, 0.2) is 23.1 Å². The first-order valence-corrected chi connectivity index (χ1v) is 19.3. The van der Waals surface area contributed by atoms with Crippen LogP contribution in [0.2, 0.25) is 0 Å². The van der Waals surface area contributed by atoms with E-state index in [-0.39, 0.29) is 0 Å². The summed E-state index contributed by atoms with van der Waals surface area (Å²) in [5, 5.41) is 8.57. The Morgan fingerprint density at radius 3 is 1.66 bits per heavy atom. The predicted molar refractivity (Wildman–Crippen MR) is 234 cm³/mol. The van der Waals surface area contributed by atoms with Crippen molar-refractivity contribution in [1.82, 2.24) is 19.9 Å². The minimum Gasteiger partial charge on any atom is -0.456 e. The van der Waals surface area contributed by atoms with Gasteiger partial charge in [-0.05, 0) is 92.0 Å². The third-order valence-corrected chi connectivity index (χ3v) is 11.1. The zero-order chi connectivity index (χ0) is 38.2. The molecule has 0 saturated carbocycles. The molecule has 0 spiro atoms. The molecule has 0 atom stereocenters. The minimum atomic E-state index is 0.556. The van der Waals surface area contributed by atoms with Crippen molar-refractivity contribution in [2.45, 2.75) is 0 Å². The normalized spacial score (nSPS) is 11.8. The van der Waals surface area contributed by atoms with Crippen LogP contribution in [-0.4, -0.2) is 19.9 Å². The van der Waals surface area contributed by atoms with E-state index < -0.39 is 0 Å². The van der Waals surface area contributed by atoms with Crippen LogP contribution < -0.4 is 0 Å². The standard InChI is InChI=1S/C52H30N4O2/c1-2-13-33(14-3-1)52-53-48-44(58-52)26-25-43-47(48)46-41-20-9-8-19-40(41)42(30-45(46)57-43)51-55-49(54-50(56-51)39-24-22-32-12-5-7-16-35(32)28-39)38-18-10-17-36(29-38)37-23-21-31-11-4-6-15-34(31)27-37/h1-30H. The van der Waals surface area contributed by atoms with Crippen LogP contribution in [0.3, 0.4) is 0 Å². The number of hydrogen-bond acceptors (Lipinski definition) is 6. The molecule has 9 aromatic carbocycles. The Morgan fingerprint density at radius 2 is 0.879 bits per heavy atom. The van der Waals surface area contributed by atoms with Gasteiger partial charge in [-0.3, -0.25) is 0 Å². The van der Waals surface area contributed by atoms with Crippen LogP contribution in [0.15, 0.2) is 191 Å². The van der Waals surface area contributed by atoms with Crippen molar-refractivity contribution >= 4 is 65.4 Å². The molecule has 0 aliphatic carbocycles. The highest BCUT2D eigenvalue weighted by molar-refractivity contribution is 6.27. The first-order valence-electron chi connectivity index (χ1n) is 19.3. The summed E-state index contributed by atoms with van der Waals surface area (Å²) < 4.78 is 13.0. The van der Waals surface area contributed by atoms with Gasteiger partial charge in [-0.2, -0.15) is 0 Å². The van der Waals surface area contributed by atoms with E-state index >= 15 is 0 Å². The highest BCUT2D eigenvalue weighted by Crippen LogP contribution is 2.43.